The maximum atomic E-state index is 14.2. The zero-order valence-corrected chi connectivity index (χ0v) is 22.4. The van der Waals surface area contributed by atoms with Crippen molar-refractivity contribution in [2.75, 3.05) is 13.1 Å². The lowest BCUT2D eigenvalue weighted by atomic mass is 9.69. The minimum Gasteiger partial charge on any atom is -0.391 e. The van der Waals surface area contributed by atoms with E-state index in [1.165, 1.54) is 60.7 Å². The van der Waals surface area contributed by atoms with Crippen LogP contribution in [0.25, 0.3) is 0 Å². The average Bonchev–Trinajstić information content (AvgIpc) is 3.14. The maximum Gasteiger partial charge on any atom is 0.319 e. The predicted molar refractivity (Wildman–Crippen MR) is 148 cm³/mol. The Kier molecular flexibility index (Phi) is 8.04. The lowest BCUT2D eigenvalue weighted by Gasteiger charge is -2.41. The van der Waals surface area contributed by atoms with Gasteiger partial charge in [-0.2, -0.15) is 0 Å². The number of ether oxygens (including phenoxy) is 1. The third-order valence-corrected chi connectivity index (χ3v) is 7.74. The summed E-state index contributed by atoms with van der Waals surface area (Å²) in [6, 6.07) is 21.2. The van der Waals surface area contributed by atoms with E-state index in [-0.39, 0.29) is 36.2 Å². The summed E-state index contributed by atoms with van der Waals surface area (Å²) < 4.78 is 5.95. The van der Waals surface area contributed by atoms with Crippen LogP contribution in [0.5, 0.6) is 0 Å². The molecular weight excluding hydrogens is 544 g/mol. The number of hydrogen-bond acceptors (Lipinski definition) is 9. The summed E-state index contributed by atoms with van der Waals surface area (Å²) in [7, 11) is 0. The van der Waals surface area contributed by atoms with E-state index < -0.39 is 59.1 Å². The highest BCUT2D eigenvalue weighted by Crippen LogP contribution is 2.47. The summed E-state index contributed by atoms with van der Waals surface area (Å²) >= 11 is 0. The van der Waals surface area contributed by atoms with Crippen LogP contribution in [0.15, 0.2) is 91.0 Å². The average molecular weight is 575 g/mol. The Hall–Kier alpha value is -4.26. The lowest BCUT2D eigenvalue weighted by Crippen LogP contribution is -2.71. The van der Waals surface area contributed by atoms with Crippen molar-refractivity contribution in [1.82, 2.24) is 10.2 Å². The van der Waals surface area contributed by atoms with Crippen molar-refractivity contribution in [3.8, 4) is 0 Å². The van der Waals surface area contributed by atoms with E-state index in [2.05, 4.69) is 5.32 Å². The molecule has 2 heterocycles. The van der Waals surface area contributed by atoms with Crippen LogP contribution < -0.4 is 5.32 Å². The van der Waals surface area contributed by atoms with Crippen molar-refractivity contribution in [2.45, 2.75) is 42.2 Å². The number of ketones is 3. The Morgan fingerprint density at radius 1 is 0.810 bits per heavy atom. The first-order chi connectivity index (χ1) is 20.1. The summed E-state index contributed by atoms with van der Waals surface area (Å²) in [6.45, 7) is -0.397. The fraction of sp³-hybridized carbons (Fsp3) is 0.290. The zero-order chi connectivity index (χ0) is 30.1. The number of amides is 2. The molecule has 11 nitrogen and oxygen atoms in total. The van der Waals surface area contributed by atoms with Gasteiger partial charge in [-0.3, -0.25) is 19.3 Å². The van der Waals surface area contributed by atoms with Crippen LogP contribution >= 0.6 is 0 Å². The van der Waals surface area contributed by atoms with Crippen molar-refractivity contribution >= 4 is 23.4 Å². The van der Waals surface area contributed by atoms with E-state index in [0.717, 1.165) is 4.90 Å². The largest absolute Gasteiger partial charge is 0.391 e. The molecule has 6 atom stereocenters. The Morgan fingerprint density at radius 2 is 1.29 bits per heavy atom. The van der Waals surface area contributed by atoms with Gasteiger partial charge in [0.1, 0.15) is 12.2 Å². The molecule has 3 aromatic rings. The van der Waals surface area contributed by atoms with Crippen molar-refractivity contribution < 1.29 is 44.3 Å². The van der Waals surface area contributed by atoms with Gasteiger partial charge in [0.25, 0.3) is 0 Å². The zero-order valence-electron chi connectivity index (χ0n) is 22.4. The molecule has 11 heteroatoms. The number of hydrogen-bond donors (Lipinski definition) is 5. The van der Waals surface area contributed by atoms with Gasteiger partial charge >= 0.3 is 6.03 Å². The van der Waals surface area contributed by atoms with Gasteiger partial charge in [-0.1, -0.05) is 91.0 Å². The van der Waals surface area contributed by atoms with E-state index >= 15 is 0 Å². The third kappa shape index (κ3) is 4.81. The normalized spacial score (nSPS) is 28.4. The van der Waals surface area contributed by atoms with Gasteiger partial charge in [0, 0.05) is 29.8 Å². The summed E-state index contributed by atoms with van der Waals surface area (Å²) in [5.74, 6) is -3.34. The van der Waals surface area contributed by atoms with Gasteiger partial charge in [-0.25, -0.2) is 4.79 Å². The van der Waals surface area contributed by atoms with Crippen molar-refractivity contribution in [3.05, 3.63) is 108 Å². The topological polar surface area (TPSA) is 174 Å². The SMILES string of the molecule is O=C(c1ccccc1)C(O)[C@H]1O[C@@H](N2CCC(O)CNC2=O)[C@@](O)(C(=O)c2ccccc2)[C@@]1(O)C(=O)c1ccccc1. The highest BCUT2D eigenvalue weighted by molar-refractivity contribution is 6.14. The molecule has 0 aromatic heterocycles. The Labute approximate surface area is 241 Å². The second kappa shape index (κ2) is 11.6. The quantitative estimate of drug-likeness (QED) is 0.246. The number of β-amino-alcohol motifs (C(OH)–C–C–N with tert-alkyl or cyclic N) is 1. The van der Waals surface area contributed by atoms with Crippen LogP contribution in [0.1, 0.15) is 37.5 Å². The van der Waals surface area contributed by atoms with Gasteiger partial charge in [-0.05, 0) is 6.42 Å². The van der Waals surface area contributed by atoms with Gasteiger partial charge in [0.05, 0.1) is 6.10 Å². The second-order valence-corrected chi connectivity index (χ2v) is 10.3. The van der Waals surface area contributed by atoms with Crippen LogP contribution in [0.3, 0.4) is 0 Å². The number of carbonyl (C=O) groups is 4. The summed E-state index contributed by atoms with van der Waals surface area (Å²) in [5.41, 5.74) is -6.77. The first kappa shape index (κ1) is 29.2. The fourth-order valence-corrected chi connectivity index (χ4v) is 5.48. The summed E-state index contributed by atoms with van der Waals surface area (Å²) in [5, 5.41) is 48.9. The first-order valence-electron chi connectivity index (χ1n) is 13.4. The summed E-state index contributed by atoms with van der Waals surface area (Å²) in [4.78, 5) is 55.9. The number of carbonyl (C=O) groups excluding carboxylic acids is 4. The molecule has 0 saturated carbocycles. The molecule has 218 valence electrons. The van der Waals surface area contributed by atoms with Gasteiger partial charge in [-0.15, -0.1) is 0 Å². The lowest BCUT2D eigenvalue weighted by molar-refractivity contribution is -0.117. The predicted octanol–water partition coefficient (Wildman–Crippen LogP) is 0.959. The van der Waals surface area contributed by atoms with Gasteiger partial charge in [0.2, 0.25) is 17.2 Å². The molecule has 2 unspecified atom stereocenters. The van der Waals surface area contributed by atoms with E-state index in [1.54, 1.807) is 30.3 Å². The molecule has 2 aliphatic heterocycles. The molecule has 3 aromatic carbocycles. The third-order valence-electron chi connectivity index (χ3n) is 7.74. The van der Waals surface area contributed by atoms with Crippen molar-refractivity contribution in [2.24, 2.45) is 0 Å². The van der Waals surface area contributed by atoms with Crippen LogP contribution in [0, 0.1) is 0 Å². The van der Waals surface area contributed by atoms with Gasteiger partial charge in [0.15, 0.2) is 17.6 Å². The number of nitrogens with one attached hydrogen (secondary N) is 1. The first-order valence-corrected chi connectivity index (χ1v) is 13.4. The van der Waals surface area contributed by atoms with Crippen LogP contribution in [0.4, 0.5) is 4.79 Å². The molecule has 0 spiro atoms. The number of aliphatic hydroxyl groups excluding tert-OH is 2. The highest BCUT2D eigenvalue weighted by Gasteiger charge is 2.76. The standard InChI is InChI=1S/C31H30N2O9/c34-22-16-17-33(29(39)32-18-22)28-31(41,26(38)21-14-8-3-9-15-21)30(40,25(37)20-12-6-2-7-13-20)27(42-28)24(36)23(35)19-10-4-1-5-11-19/h1-15,22,24,27-28,34,36,40-41H,16-18H2,(H,32,39)/t22?,24?,27-,28-,30-,31+/m1/s1. The number of rotatable bonds is 8. The fourth-order valence-electron chi connectivity index (χ4n) is 5.48. The second-order valence-electron chi connectivity index (χ2n) is 10.3. The minimum atomic E-state index is -3.28. The molecule has 0 radical (unpaired) electrons. The number of aliphatic hydroxyl groups is 4. The molecule has 0 bridgehead atoms. The monoisotopic (exact) mass is 574 g/mol. The van der Waals surface area contributed by atoms with Crippen molar-refractivity contribution in [3.63, 3.8) is 0 Å². The maximum absolute atomic E-state index is 14.2. The molecule has 5 N–H and O–H groups in total. The molecular formula is C31H30N2O9. The molecule has 5 rings (SSSR count). The molecule has 2 saturated heterocycles. The number of urea groups is 1. The Morgan fingerprint density at radius 3 is 1.81 bits per heavy atom. The number of nitrogens with zero attached hydrogens (tertiary/aromatic N) is 1. The van der Waals surface area contributed by atoms with Crippen LogP contribution in [-0.4, -0.2) is 97.5 Å². The Balaban J connectivity index is 1.72. The summed E-state index contributed by atoms with van der Waals surface area (Å²) in [6.07, 6.45) is -7.50. The molecule has 42 heavy (non-hydrogen) atoms. The highest BCUT2D eigenvalue weighted by atomic mass is 16.6. The van der Waals surface area contributed by atoms with Crippen LogP contribution in [-0.2, 0) is 4.74 Å². The van der Waals surface area contributed by atoms with E-state index in [0.29, 0.717) is 0 Å². The number of benzene rings is 3. The Bertz CT molecular complexity index is 1470. The van der Waals surface area contributed by atoms with Crippen molar-refractivity contribution in [1.29, 1.82) is 0 Å². The number of Topliss-reactive ketones (excluding diaryl/α,β-unsaturated/α-hetero) is 3. The van der Waals surface area contributed by atoms with E-state index in [9.17, 15) is 39.6 Å². The molecule has 2 aliphatic rings. The van der Waals surface area contributed by atoms with E-state index in [1.807, 2.05) is 0 Å². The van der Waals surface area contributed by atoms with E-state index in [4.69, 9.17) is 4.74 Å². The smallest absolute Gasteiger partial charge is 0.319 e. The molecule has 2 amide bonds. The van der Waals surface area contributed by atoms with Crippen LogP contribution in [0.2, 0.25) is 0 Å². The van der Waals surface area contributed by atoms with Gasteiger partial charge < -0.3 is 30.5 Å². The molecule has 2 fully saturated rings. The molecule has 0 aliphatic carbocycles. The minimum absolute atomic E-state index is 0.00453.